The highest BCUT2D eigenvalue weighted by Crippen LogP contribution is 2.23. The van der Waals surface area contributed by atoms with Crippen LogP contribution in [0, 0.1) is 0 Å². The van der Waals surface area contributed by atoms with E-state index in [1.54, 1.807) is 12.1 Å². The van der Waals surface area contributed by atoms with Crippen molar-refractivity contribution < 1.29 is 5.11 Å². The molecule has 0 aromatic heterocycles. The fraction of sp³-hybridized carbons (Fsp3) is 0.200. The van der Waals surface area contributed by atoms with Crippen LogP contribution in [0.15, 0.2) is 48.5 Å². The highest BCUT2D eigenvalue weighted by atomic mass is 35.5. The Bertz CT molecular complexity index is 513. The predicted octanol–water partition coefficient (Wildman–Crippen LogP) is 3.90. The third-order valence-corrected chi connectivity index (χ3v) is 3.23. The van der Waals surface area contributed by atoms with Gasteiger partial charge in [-0.3, -0.25) is 0 Å². The first-order valence-corrected chi connectivity index (χ1v) is 6.30. The van der Waals surface area contributed by atoms with Gasteiger partial charge < -0.3 is 10.4 Å². The molecule has 2 rings (SSSR count). The molecule has 0 saturated heterocycles. The van der Waals surface area contributed by atoms with E-state index in [2.05, 4.69) is 24.4 Å². The lowest BCUT2D eigenvalue weighted by molar-refractivity contribution is 0.475. The molecular weight excluding hydrogens is 246 g/mol. The summed E-state index contributed by atoms with van der Waals surface area (Å²) in [5.41, 5.74) is 2.31. The largest absolute Gasteiger partial charge is 0.506 e. The quantitative estimate of drug-likeness (QED) is 0.875. The molecule has 2 aromatic carbocycles. The Morgan fingerprint density at radius 1 is 1.17 bits per heavy atom. The van der Waals surface area contributed by atoms with Gasteiger partial charge in [-0.2, -0.15) is 0 Å². The molecular formula is C15H16ClNO. The highest BCUT2D eigenvalue weighted by Gasteiger charge is 2.05. The van der Waals surface area contributed by atoms with E-state index in [0.717, 1.165) is 12.1 Å². The molecule has 2 nitrogen and oxygen atoms in total. The topological polar surface area (TPSA) is 32.3 Å². The maximum Gasteiger partial charge on any atom is 0.134 e. The second kappa shape index (κ2) is 5.89. The summed E-state index contributed by atoms with van der Waals surface area (Å²) >= 11 is 5.87. The van der Waals surface area contributed by atoms with Crippen LogP contribution in [-0.4, -0.2) is 5.11 Å². The number of hydrogen-bond donors (Lipinski definition) is 2. The zero-order valence-corrected chi connectivity index (χ0v) is 11.0. The fourth-order valence-corrected chi connectivity index (χ4v) is 1.99. The van der Waals surface area contributed by atoms with Crippen LogP contribution in [-0.2, 0) is 6.54 Å². The molecule has 0 amide bonds. The molecule has 0 aliphatic rings. The molecule has 0 spiro atoms. The first-order chi connectivity index (χ1) is 8.66. The molecule has 0 bridgehead atoms. The highest BCUT2D eigenvalue weighted by molar-refractivity contribution is 6.32. The summed E-state index contributed by atoms with van der Waals surface area (Å²) in [5, 5.41) is 13.2. The molecule has 0 saturated carbocycles. The van der Waals surface area contributed by atoms with Crippen molar-refractivity contribution in [2.45, 2.75) is 19.5 Å². The van der Waals surface area contributed by atoms with Crippen molar-refractivity contribution in [1.29, 1.82) is 0 Å². The molecule has 18 heavy (non-hydrogen) atoms. The molecule has 1 unspecified atom stereocenters. The molecule has 1 atom stereocenters. The third kappa shape index (κ3) is 3.25. The normalized spacial score (nSPS) is 12.3. The van der Waals surface area contributed by atoms with Gasteiger partial charge in [0.05, 0.1) is 5.02 Å². The van der Waals surface area contributed by atoms with Gasteiger partial charge in [-0.1, -0.05) is 48.0 Å². The zero-order chi connectivity index (χ0) is 13.0. The number of benzene rings is 2. The van der Waals surface area contributed by atoms with E-state index in [1.165, 1.54) is 5.56 Å². The predicted molar refractivity (Wildman–Crippen MR) is 74.8 cm³/mol. The van der Waals surface area contributed by atoms with Crippen molar-refractivity contribution in [3.8, 4) is 5.75 Å². The Morgan fingerprint density at radius 3 is 2.56 bits per heavy atom. The van der Waals surface area contributed by atoms with Gasteiger partial charge in [0.1, 0.15) is 5.75 Å². The Balaban J connectivity index is 1.97. The van der Waals surface area contributed by atoms with Crippen LogP contribution >= 0.6 is 11.6 Å². The van der Waals surface area contributed by atoms with Crippen molar-refractivity contribution in [2.75, 3.05) is 0 Å². The number of aromatic hydroxyl groups is 1. The van der Waals surface area contributed by atoms with Crippen LogP contribution < -0.4 is 5.32 Å². The summed E-state index contributed by atoms with van der Waals surface area (Å²) in [7, 11) is 0. The lowest BCUT2D eigenvalue weighted by Crippen LogP contribution is -2.17. The molecule has 0 heterocycles. The average Bonchev–Trinajstić information content (AvgIpc) is 2.41. The van der Waals surface area contributed by atoms with Crippen molar-refractivity contribution in [3.05, 3.63) is 64.7 Å². The maximum atomic E-state index is 9.35. The number of phenols is 1. The van der Waals surface area contributed by atoms with Gasteiger partial charge in [0.25, 0.3) is 0 Å². The van der Waals surface area contributed by atoms with Crippen molar-refractivity contribution in [3.63, 3.8) is 0 Å². The maximum absolute atomic E-state index is 9.35. The average molecular weight is 262 g/mol. The molecule has 0 aliphatic carbocycles. The third-order valence-electron chi connectivity index (χ3n) is 2.92. The minimum atomic E-state index is 0.122. The monoisotopic (exact) mass is 261 g/mol. The van der Waals surface area contributed by atoms with Crippen LogP contribution in [0.5, 0.6) is 5.75 Å². The van der Waals surface area contributed by atoms with Gasteiger partial charge in [-0.05, 0) is 30.2 Å². The second-order valence-corrected chi connectivity index (χ2v) is 4.71. The smallest absolute Gasteiger partial charge is 0.134 e. The lowest BCUT2D eigenvalue weighted by atomic mass is 10.1. The molecule has 0 aliphatic heterocycles. The minimum absolute atomic E-state index is 0.122. The van der Waals surface area contributed by atoms with E-state index >= 15 is 0 Å². The van der Waals surface area contributed by atoms with Gasteiger partial charge in [0.15, 0.2) is 0 Å². The van der Waals surface area contributed by atoms with Crippen LogP contribution in [0.25, 0.3) is 0 Å². The lowest BCUT2D eigenvalue weighted by Gasteiger charge is -2.14. The van der Waals surface area contributed by atoms with Gasteiger partial charge in [0.2, 0.25) is 0 Å². The van der Waals surface area contributed by atoms with E-state index in [0.29, 0.717) is 5.02 Å². The van der Waals surface area contributed by atoms with E-state index < -0.39 is 0 Å². The summed E-state index contributed by atoms with van der Waals surface area (Å²) in [6.45, 7) is 2.84. The van der Waals surface area contributed by atoms with Crippen LogP contribution in [0.2, 0.25) is 5.02 Å². The SMILES string of the molecule is CC(NCc1ccc(O)c(Cl)c1)c1ccccc1. The number of phenolic OH excluding ortho intramolecular Hbond substituents is 1. The molecule has 2 aromatic rings. The van der Waals surface area contributed by atoms with E-state index in [1.807, 2.05) is 24.3 Å². The molecule has 94 valence electrons. The van der Waals surface area contributed by atoms with E-state index in [9.17, 15) is 5.11 Å². The zero-order valence-electron chi connectivity index (χ0n) is 10.2. The summed E-state index contributed by atoms with van der Waals surface area (Å²) in [4.78, 5) is 0. The van der Waals surface area contributed by atoms with Crippen LogP contribution in [0.1, 0.15) is 24.1 Å². The first kappa shape index (κ1) is 12.9. The Morgan fingerprint density at radius 2 is 1.89 bits per heavy atom. The van der Waals surface area contributed by atoms with Gasteiger partial charge in [0, 0.05) is 12.6 Å². The van der Waals surface area contributed by atoms with Crippen molar-refractivity contribution in [2.24, 2.45) is 0 Å². The summed E-state index contributed by atoms with van der Waals surface area (Å²) in [6, 6.07) is 15.8. The van der Waals surface area contributed by atoms with Gasteiger partial charge in [-0.15, -0.1) is 0 Å². The number of halogens is 1. The molecule has 2 N–H and O–H groups in total. The summed E-state index contributed by atoms with van der Waals surface area (Å²) < 4.78 is 0. The van der Waals surface area contributed by atoms with E-state index in [-0.39, 0.29) is 11.8 Å². The van der Waals surface area contributed by atoms with Crippen LogP contribution in [0.3, 0.4) is 0 Å². The number of nitrogens with one attached hydrogen (secondary N) is 1. The molecule has 0 radical (unpaired) electrons. The van der Waals surface area contributed by atoms with Crippen molar-refractivity contribution >= 4 is 11.6 Å². The standard InChI is InChI=1S/C15H16ClNO/c1-11(13-5-3-2-4-6-13)17-10-12-7-8-15(18)14(16)9-12/h2-9,11,17-18H,10H2,1H3. The Kier molecular flexibility index (Phi) is 4.24. The van der Waals surface area contributed by atoms with Gasteiger partial charge in [-0.25, -0.2) is 0 Å². The molecule has 0 fully saturated rings. The van der Waals surface area contributed by atoms with E-state index in [4.69, 9.17) is 11.6 Å². The van der Waals surface area contributed by atoms with Gasteiger partial charge >= 0.3 is 0 Å². The number of hydrogen-bond acceptors (Lipinski definition) is 2. The molecule has 3 heteroatoms. The van der Waals surface area contributed by atoms with Crippen LogP contribution in [0.4, 0.5) is 0 Å². The number of rotatable bonds is 4. The minimum Gasteiger partial charge on any atom is -0.506 e. The summed E-state index contributed by atoms with van der Waals surface area (Å²) in [6.07, 6.45) is 0. The fourth-order valence-electron chi connectivity index (χ4n) is 1.79. The Hall–Kier alpha value is -1.51. The first-order valence-electron chi connectivity index (χ1n) is 5.92. The van der Waals surface area contributed by atoms with Crippen molar-refractivity contribution in [1.82, 2.24) is 5.32 Å². The Labute approximate surface area is 112 Å². The summed E-state index contributed by atoms with van der Waals surface area (Å²) in [5.74, 6) is 0.122. The second-order valence-electron chi connectivity index (χ2n) is 4.30.